The molecule has 1 saturated heterocycles. The molecule has 0 bridgehead atoms. The van der Waals surface area contributed by atoms with Gasteiger partial charge in [-0.15, -0.1) is 0 Å². The summed E-state index contributed by atoms with van der Waals surface area (Å²) in [6.45, 7) is 2.46. The van der Waals surface area contributed by atoms with E-state index < -0.39 is 0 Å². The molecule has 2 rings (SSSR count). The van der Waals surface area contributed by atoms with Gasteiger partial charge >= 0.3 is 0 Å². The van der Waals surface area contributed by atoms with Gasteiger partial charge in [-0.3, -0.25) is 4.90 Å². The maximum atomic E-state index is 9.21. The van der Waals surface area contributed by atoms with Gasteiger partial charge in [-0.2, -0.15) is 0 Å². The van der Waals surface area contributed by atoms with E-state index >= 15 is 0 Å². The molecule has 3 heteroatoms. The Bertz CT molecular complexity index is 390. The van der Waals surface area contributed by atoms with Crippen molar-refractivity contribution in [3.63, 3.8) is 0 Å². The first-order chi connectivity index (χ1) is 9.22. The Morgan fingerprint density at radius 2 is 2.05 bits per heavy atom. The maximum Gasteiger partial charge on any atom is 0.0445 e. The van der Waals surface area contributed by atoms with E-state index in [1.165, 1.54) is 30.5 Å². The van der Waals surface area contributed by atoms with Gasteiger partial charge in [0.15, 0.2) is 0 Å². The van der Waals surface area contributed by atoms with Gasteiger partial charge in [-0.25, -0.2) is 0 Å². The van der Waals surface area contributed by atoms with Crippen LogP contribution in [0.3, 0.4) is 0 Å². The lowest BCUT2D eigenvalue weighted by atomic mass is 9.98. The molecule has 1 unspecified atom stereocenters. The van der Waals surface area contributed by atoms with Crippen LogP contribution in [0.4, 0.5) is 5.69 Å². The van der Waals surface area contributed by atoms with Crippen LogP contribution in [0.1, 0.15) is 31.2 Å². The summed E-state index contributed by atoms with van der Waals surface area (Å²) in [4.78, 5) is 4.72. The molecule has 3 nitrogen and oxygen atoms in total. The molecule has 1 aromatic rings. The highest BCUT2D eigenvalue weighted by atomic mass is 16.3. The number of likely N-dealkylation sites (tertiary alicyclic amines) is 1. The smallest absolute Gasteiger partial charge is 0.0445 e. The molecule has 19 heavy (non-hydrogen) atoms. The minimum Gasteiger partial charge on any atom is -0.396 e. The highest BCUT2D eigenvalue weighted by Gasteiger charge is 2.22. The quantitative estimate of drug-likeness (QED) is 0.883. The number of nitrogens with zero attached hydrogens (tertiary/aromatic N) is 2. The first-order valence-electron chi connectivity index (χ1n) is 7.32. The van der Waals surface area contributed by atoms with Gasteiger partial charge in [0.1, 0.15) is 0 Å². The van der Waals surface area contributed by atoms with Gasteiger partial charge in [0.05, 0.1) is 0 Å². The summed E-state index contributed by atoms with van der Waals surface area (Å²) in [6.07, 6.45) is 4.72. The molecule has 106 valence electrons. The Hall–Kier alpha value is -1.06. The third kappa shape index (κ3) is 3.71. The van der Waals surface area contributed by atoms with Crippen molar-refractivity contribution in [2.75, 3.05) is 32.1 Å². The zero-order chi connectivity index (χ0) is 13.7. The first-order valence-corrected chi connectivity index (χ1v) is 7.32. The molecule has 0 radical (unpaired) electrons. The van der Waals surface area contributed by atoms with Gasteiger partial charge < -0.3 is 10.0 Å². The van der Waals surface area contributed by atoms with E-state index in [1.54, 1.807) is 0 Å². The first kappa shape index (κ1) is 14.4. The molecule has 1 N–H and O–H groups in total. The molecule has 0 spiro atoms. The zero-order valence-electron chi connectivity index (χ0n) is 12.2. The summed E-state index contributed by atoms with van der Waals surface area (Å²) < 4.78 is 0. The van der Waals surface area contributed by atoms with Gasteiger partial charge in [0.25, 0.3) is 0 Å². The number of piperidine rings is 1. The van der Waals surface area contributed by atoms with E-state index in [-0.39, 0.29) is 0 Å². The molecule has 0 saturated carbocycles. The molecule has 1 fully saturated rings. The van der Waals surface area contributed by atoms with Crippen LogP contribution in [0.5, 0.6) is 0 Å². The highest BCUT2D eigenvalue weighted by Crippen LogP contribution is 2.25. The fraction of sp³-hybridized carbons (Fsp3) is 0.625. The third-order valence-electron chi connectivity index (χ3n) is 4.06. The summed E-state index contributed by atoms with van der Waals surface area (Å²) in [5.41, 5.74) is 2.69. The summed E-state index contributed by atoms with van der Waals surface area (Å²) in [6, 6.07) is 9.17. The van der Waals surface area contributed by atoms with E-state index in [9.17, 15) is 5.11 Å². The molecule has 1 aliphatic heterocycles. The van der Waals surface area contributed by atoms with E-state index in [0.29, 0.717) is 12.6 Å². The average Bonchev–Trinajstić information content (AvgIpc) is 2.42. The Morgan fingerprint density at radius 3 is 2.79 bits per heavy atom. The molecule has 0 aromatic heterocycles. The van der Waals surface area contributed by atoms with Crippen molar-refractivity contribution in [3.05, 3.63) is 29.8 Å². The van der Waals surface area contributed by atoms with Crippen LogP contribution >= 0.6 is 0 Å². The van der Waals surface area contributed by atoms with Crippen molar-refractivity contribution < 1.29 is 5.11 Å². The number of hydrogen-bond acceptors (Lipinski definition) is 3. The molecule has 0 aliphatic carbocycles. The molecular formula is C16H26N2O. The Labute approximate surface area is 116 Å². The van der Waals surface area contributed by atoms with Gasteiger partial charge in [-0.1, -0.05) is 24.6 Å². The third-order valence-corrected chi connectivity index (χ3v) is 4.06. The lowest BCUT2D eigenvalue weighted by Gasteiger charge is -2.36. The topological polar surface area (TPSA) is 26.7 Å². The summed E-state index contributed by atoms with van der Waals surface area (Å²) in [5.74, 6) is 0. The zero-order valence-corrected chi connectivity index (χ0v) is 12.2. The minimum atomic E-state index is 0.302. The number of benzene rings is 1. The summed E-state index contributed by atoms with van der Waals surface area (Å²) in [5, 5.41) is 9.21. The minimum absolute atomic E-state index is 0.302. The van der Waals surface area contributed by atoms with Crippen LogP contribution in [0.15, 0.2) is 24.3 Å². The van der Waals surface area contributed by atoms with E-state index in [1.807, 2.05) is 0 Å². The molecule has 1 heterocycles. The van der Waals surface area contributed by atoms with Crippen LogP contribution < -0.4 is 4.90 Å². The average molecular weight is 262 g/mol. The van der Waals surface area contributed by atoms with Crippen LogP contribution in [0.25, 0.3) is 0 Å². The van der Waals surface area contributed by atoms with Gasteiger partial charge in [0.2, 0.25) is 0 Å². The van der Waals surface area contributed by atoms with Crippen LogP contribution in [0.2, 0.25) is 0 Å². The van der Waals surface area contributed by atoms with Gasteiger partial charge in [0, 0.05) is 39.0 Å². The second-order valence-electron chi connectivity index (χ2n) is 5.66. The normalized spacial score (nSPS) is 20.5. The fourth-order valence-corrected chi connectivity index (χ4v) is 3.04. The van der Waals surface area contributed by atoms with Crippen molar-refractivity contribution in [2.45, 2.75) is 38.3 Å². The van der Waals surface area contributed by atoms with Crippen molar-refractivity contribution in [1.29, 1.82) is 0 Å². The number of aliphatic hydroxyl groups excluding tert-OH is 1. The van der Waals surface area contributed by atoms with Crippen LogP contribution in [-0.4, -0.2) is 43.3 Å². The number of rotatable bonds is 5. The summed E-state index contributed by atoms with van der Waals surface area (Å²) >= 11 is 0. The fourth-order valence-electron chi connectivity index (χ4n) is 3.04. The highest BCUT2D eigenvalue weighted by molar-refractivity contribution is 5.52. The maximum absolute atomic E-state index is 9.21. The predicted octanol–water partition coefficient (Wildman–Crippen LogP) is 2.49. The van der Waals surface area contributed by atoms with Crippen molar-refractivity contribution in [2.24, 2.45) is 0 Å². The van der Waals surface area contributed by atoms with E-state index in [4.69, 9.17) is 0 Å². The second kappa shape index (κ2) is 6.92. The van der Waals surface area contributed by atoms with Crippen molar-refractivity contribution in [1.82, 2.24) is 4.90 Å². The Kier molecular flexibility index (Phi) is 5.23. The van der Waals surface area contributed by atoms with E-state index in [0.717, 1.165) is 19.5 Å². The number of aliphatic hydroxyl groups is 1. The lowest BCUT2D eigenvalue weighted by Crippen LogP contribution is -2.39. The van der Waals surface area contributed by atoms with Crippen molar-refractivity contribution in [3.8, 4) is 0 Å². The number of para-hydroxylation sites is 1. The van der Waals surface area contributed by atoms with E-state index in [2.05, 4.69) is 48.2 Å². The Balaban J connectivity index is 2.10. The van der Waals surface area contributed by atoms with Crippen molar-refractivity contribution >= 4 is 5.69 Å². The number of hydrogen-bond donors (Lipinski definition) is 1. The molecule has 1 aromatic carbocycles. The standard InChI is InChI=1S/C16H26N2O/c1-17(2)16-9-4-3-7-14(16)13-18-11-6-5-8-15(18)10-12-19/h3-4,7,9,15,19H,5-6,8,10-13H2,1-2H3. The Morgan fingerprint density at radius 1 is 1.26 bits per heavy atom. The lowest BCUT2D eigenvalue weighted by molar-refractivity contribution is 0.112. The SMILES string of the molecule is CN(C)c1ccccc1CN1CCCCC1CCO. The molecule has 0 amide bonds. The largest absolute Gasteiger partial charge is 0.396 e. The summed E-state index contributed by atoms with van der Waals surface area (Å²) in [7, 11) is 4.19. The van der Waals surface area contributed by atoms with Crippen LogP contribution in [0, 0.1) is 0 Å². The van der Waals surface area contributed by atoms with Gasteiger partial charge in [-0.05, 0) is 37.4 Å². The second-order valence-corrected chi connectivity index (χ2v) is 5.66. The monoisotopic (exact) mass is 262 g/mol. The molecule has 1 atom stereocenters. The number of anilines is 1. The molecular weight excluding hydrogens is 236 g/mol. The van der Waals surface area contributed by atoms with Crippen LogP contribution in [-0.2, 0) is 6.54 Å². The molecule has 1 aliphatic rings. The predicted molar refractivity (Wildman–Crippen MR) is 80.5 cm³/mol.